The van der Waals surface area contributed by atoms with Crippen LogP contribution in [-0.4, -0.2) is 40.5 Å². The smallest absolute Gasteiger partial charge is 0.315 e. The number of aromatic amines is 1. The molecule has 1 aliphatic rings. The highest BCUT2D eigenvalue weighted by atomic mass is 16.2. The first-order chi connectivity index (χ1) is 14.6. The van der Waals surface area contributed by atoms with Gasteiger partial charge in [-0.2, -0.15) is 0 Å². The van der Waals surface area contributed by atoms with Crippen molar-refractivity contribution in [1.82, 2.24) is 25.5 Å². The molecule has 2 unspecified atom stereocenters. The average Bonchev–Trinajstić information content (AvgIpc) is 3.41. The largest absolute Gasteiger partial charge is 0.340 e. The summed E-state index contributed by atoms with van der Waals surface area (Å²) in [5.41, 5.74) is 3.03. The van der Waals surface area contributed by atoms with Gasteiger partial charge >= 0.3 is 6.03 Å². The fraction of sp³-hybridized carbons (Fsp3) is 0.417. The van der Waals surface area contributed by atoms with Gasteiger partial charge in [-0.15, -0.1) is 0 Å². The van der Waals surface area contributed by atoms with Crippen LogP contribution in [0.3, 0.4) is 0 Å². The first-order valence-electron chi connectivity index (χ1n) is 10.9. The van der Waals surface area contributed by atoms with Crippen LogP contribution in [0.2, 0.25) is 0 Å². The summed E-state index contributed by atoms with van der Waals surface area (Å²) >= 11 is 0. The number of imidazole rings is 1. The van der Waals surface area contributed by atoms with E-state index < -0.39 is 0 Å². The normalized spacial score (nSPS) is 16.6. The van der Waals surface area contributed by atoms with Gasteiger partial charge in [-0.1, -0.05) is 56.3 Å². The molecule has 1 fully saturated rings. The lowest BCUT2D eigenvalue weighted by molar-refractivity contribution is 0.221. The van der Waals surface area contributed by atoms with E-state index in [4.69, 9.17) is 4.98 Å². The molecule has 30 heavy (non-hydrogen) atoms. The third-order valence-corrected chi connectivity index (χ3v) is 5.80. The Balaban J connectivity index is 1.49. The van der Waals surface area contributed by atoms with Crippen molar-refractivity contribution in [1.29, 1.82) is 0 Å². The summed E-state index contributed by atoms with van der Waals surface area (Å²) in [6, 6.07) is 17.8. The molecule has 158 valence electrons. The minimum absolute atomic E-state index is 0.0483. The molecule has 3 aromatic rings. The van der Waals surface area contributed by atoms with Crippen molar-refractivity contribution in [3.8, 4) is 0 Å². The monoisotopic (exact) mass is 405 g/mol. The van der Waals surface area contributed by atoms with Crippen molar-refractivity contribution in [2.75, 3.05) is 19.6 Å². The number of aromatic nitrogens is 2. The van der Waals surface area contributed by atoms with Crippen LogP contribution in [0.25, 0.3) is 11.0 Å². The Labute approximate surface area is 178 Å². The fourth-order valence-corrected chi connectivity index (χ4v) is 4.15. The van der Waals surface area contributed by atoms with Gasteiger partial charge in [-0.25, -0.2) is 9.78 Å². The predicted octanol–water partition coefficient (Wildman–Crippen LogP) is 4.40. The van der Waals surface area contributed by atoms with Gasteiger partial charge in [0, 0.05) is 6.54 Å². The summed E-state index contributed by atoms with van der Waals surface area (Å²) in [6.07, 6.45) is 2.46. The zero-order valence-electron chi connectivity index (χ0n) is 17.8. The SMILES string of the molecule is CC(C)C(NC(=O)NC(CN1CCCC1)c1ccccc1)c1nc2ccccc2[nH]1. The Morgan fingerprint density at radius 3 is 2.43 bits per heavy atom. The number of rotatable bonds is 7. The van der Waals surface area contributed by atoms with Gasteiger partial charge in [0.05, 0.1) is 23.1 Å². The first-order valence-corrected chi connectivity index (χ1v) is 10.9. The summed E-state index contributed by atoms with van der Waals surface area (Å²) in [4.78, 5) is 23.5. The molecule has 1 saturated heterocycles. The van der Waals surface area contributed by atoms with Gasteiger partial charge < -0.3 is 20.5 Å². The van der Waals surface area contributed by atoms with Crippen molar-refractivity contribution in [3.63, 3.8) is 0 Å². The van der Waals surface area contributed by atoms with E-state index in [9.17, 15) is 4.79 Å². The van der Waals surface area contributed by atoms with Gasteiger partial charge in [-0.3, -0.25) is 0 Å². The number of hydrogen-bond donors (Lipinski definition) is 3. The van der Waals surface area contributed by atoms with E-state index >= 15 is 0 Å². The molecule has 2 atom stereocenters. The lowest BCUT2D eigenvalue weighted by atomic mass is 10.0. The Bertz CT molecular complexity index is 929. The number of carbonyl (C=O) groups excluding carboxylic acids is 1. The Kier molecular flexibility index (Phi) is 6.33. The van der Waals surface area contributed by atoms with Crippen molar-refractivity contribution >= 4 is 17.1 Å². The molecule has 2 amide bonds. The summed E-state index contributed by atoms with van der Waals surface area (Å²) in [7, 11) is 0. The van der Waals surface area contributed by atoms with Crippen LogP contribution >= 0.6 is 0 Å². The topological polar surface area (TPSA) is 73.1 Å². The van der Waals surface area contributed by atoms with E-state index in [1.54, 1.807) is 0 Å². The van der Waals surface area contributed by atoms with E-state index in [2.05, 4.69) is 46.5 Å². The highest BCUT2D eigenvalue weighted by Crippen LogP contribution is 2.23. The highest BCUT2D eigenvalue weighted by Gasteiger charge is 2.25. The second kappa shape index (κ2) is 9.30. The number of likely N-dealkylation sites (tertiary alicyclic amines) is 1. The molecule has 2 heterocycles. The van der Waals surface area contributed by atoms with Gasteiger partial charge in [0.25, 0.3) is 0 Å². The molecule has 0 bridgehead atoms. The minimum atomic E-state index is -0.194. The van der Waals surface area contributed by atoms with Crippen molar-refractivity contribution in [3.05, 3.63) is 66.0 Å². The zero-order valence-corrected chi connectivity index (χ0v) is 17.8. The van der Waals surface area contributed by atoms with E-state index in [1.807, 2.05) is 42.5 Å². The van der Waals surface area contributed by atoms with Crippen LogP contribution < -0.4 is 10.6 Å². The minimum Gasteiger partial charge on any atom is -0.340 e. The molecule has 0 saturated carbocycles. The third-order valence-electron chi connectivity index (χ3n) is 5.80. The van der Waals surface area contributed by atoms with Crippen LogP contribution in [-0.2, 0) is 0 Å². The molecule has 0 spiro atoms. The highest BCUT2D eigenvalue weighted by molar-refractivity contribution is 5.76. The molecule has 0 radical (unpaired) electrons. The molecular weight excluding hydrogens is 374 g/mol. The molecule has 4 rings (SSSR count). The average molecular weight is 406 g/mol. The third kappa shape index (κ3) is 4.82. The van der Waals surface area contributed by atoms with Crippen molar-refractivity contribution in [2.45, 2.75) is 38.8 Å². The standard InChI is InChI=1S/C24H31N5O/c1-17(2)22(23-25-19-12-6-7-13-20(19)26-23)28-24(30)27-21(16-29-14-8-9-15-29)18-10-4-3-5-11-18/h3-7,10-13,17,21-22H,8-9,14-16H2,1-2H3,(H,25,26)(H2,27,28,30). The second-order valence-electron chi connectivity index (χ2n) is 8.45. The number of urea groups is 1. The van der Waals surface area contributed by atoms with Crippen molar-refractivity contribution in [2.24, 2.45) is 5.92 Å². The number of carbonyl (C=O) groups is 1. The molecule has 0 aliphatic carbocycles. The van der Waals surface area contributed by atoms with Gasteiger partial charge in [0.2, 0.25) is 0 Å². The zero-order chi connectivity index (χ0) is 20.9. The lowest BCUT2D eigenvalue weighted by Gasteiger charge is -2.27. The molecule has 6 nitrogen and oxygen atoms in total. The van der Waals surface area contributed by atoms with Crippen LogP contribution in [0.5, 0.6) is 0 Å². The van der Waals surface area contributed by atoms with Crippen LogP contribution in [0, 0.1) is 5.92 Å². The van der Waals surface area contributed by atoms with E-state index in [0.717, 1.165) is 42.1 Å². The Morgan fingerprint density at radius 1 is 1.03 bits per heavy atom. The van der Waals surface area contributed by atoms with E-state index in [1.165, 1.54) is 12.8 Å². The van der Waals surface area contributed by atoms with Gasteiger partial charge in [-0.05, 0) is 49.5 Å². The maximum absolute atomic E-state index is 13.0. The molecule has 2 aromatic carbocycles. The maximum Gasteiger partial charge on any atom is 0.315 e. The quantitative estimate of drug-likeness (QED) is 0.546. The number of nitrogens with one attached hydrogen (secondary N) is 3. The number of nitrogens with zero attached hydrogens (tertiary/aromatic N) is 2. The van der Waals surface area contributed by atoms with Gasteiger partial charge in [0.1, 0.15) is 5.82 Å². The first kappa shape index (κ1) is 20.4. The summed E-state index contributed by atoms with van der Waals surface area (Å²) in [5, 5.41) is 6.37. The number of benzene rings is 2. The fourth-order valence-electron chi connectivity index (χ4n) is 4.15. The summed E-state index contributed by atoms with van der Waals surface area (Å²) in [5.74, 6) is 0.988. The maximum atomic E-state index is 13.0. The Morgan fingerprint density at radius 2 is 1.73 bits per heavy atom. The van der Waals surface area contributed by atoms with E-state index in [0.29, 0.717) is 0 Å². The number of para-hydroxylation sites is 2. The van der Waals surface area contributed by atoms with Crippen molar-refractivity contribution < 1.29 is 4.79 Å². The summed E-state index contributed by atoms with van der Waals surface area (Å²) < 4.78 is 0. The van der Waals surface area contributed by atoms with E-state index in [-0.39, 0.29) is 24.0 Å². The van der Waals surface area contributed by atoms with Crippen LogP contribution in [0.15, 0.2) is 54.6 Å². The molecule has 6 heteroatoms. The molecular formula is C24H31N5O. The Hall–Kier alpha value is -2.86. The molecule has 3 N–H and O–H groups in total. The van der Waals surface area contributed by atoms with Gasteiger partial charge in [0.15, 0.2) is 0 Å². The predicted molar refractivity (Wildman–Crippen MR) is 120 cm³/mol. The molecule has 1 aromatic heterocycles. The van der Waals surface area contributed by atoms with Crippen LogP contribution in [0.1, 0.15) is 50.2 Å². The number of amides is 2. The van der Waals surface area contributed by atoms with Crippen LogP contribution in [0.4, 0.5) is 4.79 Å². The lowest BCUT2D eigenvalue weighted by Crippen LogP contribution is -2.44. The summed E-state index contributed by atoms with van der Waals surface area (Å²) in [6.45, 7) is 7.21. The molecule has 1 aliphatic heterocycles. The second-order valence-corrected chi connectivity index (χ2v) is 8.45. The number of H-pyrrole nitrogens is 1. The number of fused-ring (bicyclic) bond motifs is 1. The number of hydrogen-bond acceptors (Lipinski definition) is 3.